The van der Waals surface area contributed by atoms with Gasteiger partial charge in [-0.2, -0.15) is 0 Å². The Morgan fingerprint density at radius 1 is 0.704 bits per heavy atom. The van der Waals surface area contributed by atoms with Crippen LogP contribution in [0.15, 0.2) is 60.7 Å². The van der Waals surface area contributed by atoms with Gasteiger partial charge in [0, 0.05) is 0 Å². The molecule has 0 aromatic heterocycles. The highest BCUT2D eigenvalue weighted by molar-refractivity contribution is 7.61. The molecule has 2 rings (SSSR count). The number of aliphatic hydroxyl groups excluding tert-OH is 2. The number of benzene rings is 2. The van der Waals surface area contributed by atoms with Crippen LogP contribution in [-0.4, -0.2) is 46.4 Å². The van der Waals surface area contributed by atoms with Crippen LogP contribution < -0.4 is 10.6 Å². The number of rotatable bonds is 10. The Kier molecular flexibility index (Phi) is 7.51. The molecule has 0 heterocycles. The molecule has 2 aromatic rings. The van der Waals surface area contributed by atoms with E-state index in [1.54, 1.807) is 36.4 Å². The van der Waals surface area contributed by atoms with Crippen molar-refractivity contribution in [1.29, 1.82) is 0 Å². The largest absolute Gasteiger partial charge is 0.396 e. The predicted molar refractivity (Wildman–Crippen MR) is 100 cm³/mol. The van der Waals surface area contributed by atoms with Gasteiger partial charge in [0.15, 0.2) is 0 Å². The first-order chi connectivity index (χ1) is 12.7. The second kappa shape index (κ2) is 9.24. The van der Waals surface area contributed by atoms with Gasteiger partial charge in [0.1, 0.15) is 0 Å². The summed E-state index contributed by atoms with van der Waals surface area (Å²) in [5.41, 5.74) is -1.54. The summed E-state index contributed by atoms with van der Waals surface area (Å²) in [4.78, 5) is 20.1. The molecule has 2 aromatic carbocycles. The third kappa shape index (κ3) is 5.82. The molecule has 0 saturated heterocycles. The molecule has 0 saturated carbocycles. The maximum absolute atomic E-state index is 12.3. The van der Waals surface area contributed by atoms with Crippen LogP contribution in [0.1, 0.15) is 0 Å². The molecular weight excluding hydrogens is 394 g/mol. The van der Waals surface area contributed by atoms with Gasteiger partial charge in [-0.15, -0.1) is 0 Å². The molecular formula is C17H22O8P2. The summed E-state index contributed by atoms with van der Waals surface area (Å²) in [5, 5.41) is 19.4. The van der Waals surface area contributed by atoms with E-state index in [9.17, 15) is 29.1 Å². The van der Waals surface area contributed by atoms with Crippen LogP contribution in [-0.2, 0) is 18.2 Å². The average Bonchev–Trinajstić information content (AvgIpc) is 2.70. The Hall–Kier alpha value is -1.34. The molecule has 4 N–H and O–H groups in total. The highest BCUT2D eigenvalue weighted by Crippen LogP contribution is 2.45. The van der Waals surface area contributed by atoms with Crippen molar-refractivity contribution < 1.29 is 38.2 Å². The van der Waals surface area contributed by atoms with Gasteiger partial charge in [0.2, 0.25) is 0 Å². The summed E-state index contributed by atoms with van der Waals surface area (Å²) >= 11 is 0. The molecule has 2 atom stereocenters. The molecule has 0 aliphatic heterocycles. The van der Waals surface area contributed by atoms with Crippen molar-refractivity contribution in [1.82, 2.24) is 0 Å². The fourth-order valence-corrected chi connectivity index (χ4v) is 4.40. The lowest BCUT2D eigenvalue weighted by Crippen LogP contribution is -2.39. The van der Waals surface area contributed by atoms with Crippen molar-refractivity contribution in [2.75, 3.05) is 26.4 Å². The van der Waals surface area contributed by atoms with E-state index in [1.165, 1.54) is 24.3 Å². The number of hydrogen-bond acceptors (Lipinski definition) is 6. The fourth-order valence-electron chi connectivity index (χ4n) is 2.10. The third-order valence-electron chi connectivity index (χ3n) is 3.93. The van der Waals surface area contributed by atoms with Gasteiger partial charge < -0.3 is 29.0 Å². The van der Waals surface area contributed by atoms with E-state index >= 15 is 0 Å². The van der Waals surface area contributed by atoms with E-state index in [2.05, 4.69) is 0 Å². The van der Waals surface area contributed by atoms with Gasteiger partial charge in [-0.05, 0) is 24.3 Å². The first kappa shape index (κ1) is 22.0. The fraction of sp³-hybridized carbons (Fsp3) is 0.294. The van der Waals surface area contributed by atoms with Crippen LogP contribution in [0.2, 0.25) is 0 Å². The van der Waals surface area contributed by atoms with Crippen LogP contribution in [0.3, 0.4) is 0 Å². The molecule has 0 aliphatic carbocycles. The van der Waals surface area contributed by atoms with E-state index in [0.717, 1.165) is 0 Å². The molecule has 0 fully saturated rings. The second-order valence-corrected chi connectivity index (χ2v) is 9.71. The minimum Gasteiger partial charge on any atom is -0.396 e. The topological polar surface area (TPSA) is 134 Å². The number of hydrogen-bond donors (Lipinski definition) is 4. The monoisotopic (exact) mass is 416 g/mol. The van der Waals surface area contributed by atoms with E-state index in [0.29, 0.717) is 0 Å². The summed E-state index contributed by atoms with van der Waals surface area (Å²) in [6.07, 6.45) is 0. The number of aliphatic hydroxyl groups is 2. The Morgan fingerprint density at radius 2 is 1.04 bits per heavy atom. The summed E-state index contributed by atoms with van der Waals surface area (Å²) in [7, 11) is -8.40. The van der Waals surface area contributed by atoms with Gasteiger partial charge in [0.25, 0.3) is 0 Å². The Bertz CT molecular complexity index is 743. The van der Waals surface area contributed by atoms with E-state index in [4.69, 9.17) is 9.05 Å². The Balaban J connectivity index is 2.09. The highest BCUT2D eigenvalue weighted by atomic mass is 31.2. The van der Waals surface area contributed by atoms with Crippen molar-refractivity contribution in [3.8, 4) is 0 Å². The van der Waals surface area contributed by atoms with Crippen molar-refractivity contribution in [3.63, 3.8) is 0 Å². The van der Waals surface area contributed by atoms with Crippen LogP contribution >= 0.6 is 15.2 Å². The first-order valence-electron chi connectivity index (χ1n) is 8.02. The third-order valence-corrected chi connectivity index (χ3v) is 6.79. The lowest BCUT2D eigenvalue weighted by Gasteiger charge is -2.30. The molecule has 0 radical (unpaired) electrons. The summed E-state index contributed by atoms with van der Waals surface area (Å²) in [6, 6.07) is 15.3. The van der Waals surface area contributed by atoms with Gasteiger partial charge in [-0.1, -0.05) is 36.4 Å². The molecule has 27 heavy (non-hydrogen) atoms. The SMILES string of the molecule is O=P(O)(OCC(CO)(CO)COP(=O)(O)c1ccccc1)c1ccccc1. The molecule has 2 unspecified atom stereocenters. The highest BCUT2D eigenvalue weighted by Gasteiger charge is 2.37. The standard InChI is InChI=1S/C17H22O8P2/c18-11-17(12-19,13-24-26(20,21)15-7-3-1-4-8-15)14-25-27(22,23)16-9-5-2-6-10-16/h1-10,18-19H,11-14H2,(H,20,21)(H,22,23). The average molecular weight is 416 g/mol. The van der Waals surface area contributed by atoms with Crippen molar-refractivity contribution in [2.24, 2.45) is 5.41 Å². The minimum absolute atomic E-state index is 0.0489. The molecule has 0 aliphatic rings. The maximum atomic E-state index is 12.3. The second-order valence-electron chi connectivity index (χ2n) is 6.08. The maximum Gasteiger partial charge on any atom is 0.358 e. The summed E-state index contributed by atoms with van der Waals surface area (Å²) in [6.45, 7) is -2.49. The van der Waals surface area contributed by atoms with Crippen LogP contribution in [0.5, 0.6) is 0 Å². The van der Waals surface area contributed by atoms with Gasteiger partial charge in [0.05, 0.1) is 42.5 Å². The Morgan fingerprint density at radius 3 is 1.33 bits per heavy atom. The zero-order chi connectivity index (χ0) is 20.0. The molecule has 0 amide bonds. The molecule has 148 valence electrons. The van der Waals surface area contributed by atoms with Gasteiger partial charge in [-0.3, -0.25) is 9.13 Å². The van der Waals surface area contributed by atoms with Crippen LogP contribution in [0.4, 0.5) is 0 Å². The lowest BCUT2D eigenvalue weighted by atomic mass is 9.93. The van der Waals surface area contributed by atoms with Gasteiger partial charge >= 0.3 is 15.2 Å². The zero-order valence-corrected chi connectivity index (χ0v) is 16.2. The lowest BCUT2D eigenvalue weighted by molar-refractivity contribution is -0.0214. The predicted octanol–water partition coefficient (Wildman–Crippen LogP) is 1.01. The van der Waals surface area contributed by atoms with Crippen LogP contribution in [0.25, 0.3) is 0 Å². The summed E-state index contributed by atoms with van der Waals surface area (Å²) in [5.74, 6) is 0. The normalized spacial score (nSPS) is 16.4. The Labute approximate surface area is 157 Å². The van der Waals surface area contributed by atoms with Crippen molar-refractivity contribution >= 4 is 25.8 Å². The first-order valence-corrected chi connectivity index (χ1v) is 11.2. The van der Waals surface area contributed by atoms with Crippen LogP contribution in [0, 0.1) is 5.41 Å². The van der Waals surface area contributed by atoms with E-state index in [-0.39, 0.29) is 10.6 Å². The van der Waals surface area contributed by atoms with Crippen molar-refractivity contribution in [2.45, 2.75) is 0 Å². The quantitative estimate of drug-likeness (QED) is 0.422. The molecule has 0 spiro atoms. The van der Waals surface area contributed by atoms with E-state index < -0.39 is 47.0 Å². The smallest absolute Gasteiger partial charge is 0.358 e. The molecule has 8 nitrogen and oxygen atoms in total. The minimum atomic E-state index is -4.20. The zero-order valence-electron chi connectivity index (χ0n) is 14.4. The molecule has 0 bridgehead atoms. The van der Waals surface area contributed by atoms with E-state index in [1.807, 2.05) is 0 Å². The van der Waals surface area contributed by atoms with Gasteiger partial charge in [-0.25, -0.2) is 0 Å². The summed E-state index contributed by atoms with van der Waals surface area (Å²) < 4.78 is 34.8. The molecule has 10 heteroatoms. The van der Waals surface area contributed by atoms with Crippen molar-refractivity contribution in [3.05, 3.63) is 60.7 Å².